The number of aryl methyl sites for hydroxylation is 4. The molecule has 0 saturated heterocycles. The molecule has 5 aromatic carbocycles. The molecule has 0 bridgehead atoms. The summed E-state index contributed by atoms with van der Waals surface area (Å²) in [4.78, 5) is 0. The molecule has 2 aliphatic rings. The van der Waals surface area contributed by atoms with Gasteiger partial charge in [0.25, 0.3) is 0 Å². The van der Waals surface area contributed by atoms with Crippen molar-refractivity contribution in [2.45, 2.75) is 103 Å². The lowest BCUT2D eigenvalue weighted by molar-refractivity contribution is 0.276. The van der Waals surface area contributed by atoms with E-state index in [0.29, 0.717) is 0 Å². The summed E-state index contributed by atoms with van der Waals surface area (Å²) in [5.41, 5.74) is 7.59. The zero-order chi connectivity index (χ0) is 46.2. The Morgan fingerprint density at radius 3 is 1.20 bits per heavy atom. The summed E-state index contributed by atoms with van der Waals surface area (Å²) in [5, 5.41) is 9.66. The van der Waals surface area contributed by atoms with Crippen molar-refractivity contribution < 1.29 is 11.0 Å². The van der Waals surface area contributed by atoms with E-state index in [1.165, 1.54) is 24.3 Å². The number of hydrogen-bond acceptors (Lipinski definition) is 2. The second kappa shape index (κ2) is 13.0. The number of rotatable bonds is 8. The minimum absolute atomic E-state index is 0.0948. The van der Waals surface area contributed by atoms with E-state index in [-0.39, 0.29) is 22.3 Å². The second-order valence-electron chi connectivity index (χ2n) is 17.4. The molecule has 0 spiro atoms. The smallest absolute Gasteiger partial charge is 0.0687 e. The summed E-state index contributed by atoms with van der Waals surface area (Å²) < 4.78 is 79.3. The van der Waals surface area contributed by atoms with Crippen LogP contribution in [0.4, 0.5) is 0 Å². The van der Waals surface area contributed by atoms with Crippen molar-refractivity contribution >= 4 is 0 Å². The molecule has 0 unspecified atom stereocenters. The highest BCUT2D eigenvalue weighted by molar-refractivity contribution is 5.72. The van der Waals surface area contributed by atoms with Crippen molar-refractivity contribution in [3.63, 3.8) is 0 Å². The van der Waals surface area contributed by atoms with Crippen LogP contribution < -0.4 is 0 Å². The van der Waals surface area contributed by atoms with Crippen LogP contribution in [-0.2, 0) is 47.2 Å². The molecular weight excluding hydrogens is 681 g/mol. The largest absolute Gasteiger partial charge is 0.236 e. The van der Waals surface area contributed by atoms with Gasteiger partial charge in [-0.25, -0.2) is 9.36 Å². The van der Waals surface area contributed by atoms with Gasteiger partial charge in [0.15, 0.2) is 0 Å². The van der Waals surface area contributed by atoms with Crippen LogP contribution in [0.1, 0.15) is 111 Å². The Kier molecular flexibility index (Phi) is 6.52. The Morgan fingerprint density at radius 1 is 0.429 bits per heavy atom. The summed E-state index contributed by atoms with van der Waals surface area (Å²) in [6.45, 7) is 17.2. The molecule has 0 radical (unpaired) electrons. The molecule has 7 aromatic rings. The van der Waals surface area contributed by atoms with Crippen molar-refractivity contribution in [3.8, 4) is 33.6 Å². The number of hydrogen-bond donors (Lipinski definition) is 0. The quantitative estimate of drug-likeness (QED) is 0.155. The zero-order valence-electron chi connectivity index (χ0n) is 41.5. The van der Waals surface area contributed by atoms with Crippen LogP contribution in [0.2, 0.25) is 0 Å². The van der Waals surface area contributed by atoms with Gasteiger partial charge < -0.3 is 0 Å². The molecule has 0 fully saturated rings. The average molecular weight is 743 g/mol. The topological polar surface area (TPSA) is 35.6 Å². The molecule has 282 valence electrons. The van der Waals surface area contributed by atoms with Crippen LogP contribution in [0.25, 0.3) is 33.6 Å². The summed E-state index contributed by atoms with van der Waals surface area (Å²) in [6, 6.07) is 36.3. The summed E-state index contributed by atoms with van der Waals surface area (Å²) in [6.07, 6.45) is -6.74. The Hall–Kier alpha value is -5.48. The van der Waals surface area contributed by atoms with E-state index in [2.05, 4.69) is 79.7 Å². The summed E-state index contributed by atoms with van der Waals surface area (Å²) in [7, 11) is 0. The molecule has 2 aromatic heterocycles. The van der Waals surface area contributed by atoms with E-state index in [1.807, 2.05) is 70.3 Å². The van der Waals surface area contributed by atoms with E-state index in [4.69, 9.17) is 10.2 Å². The third-order valence-corrected chi connectivity index (χ3v) is 13.4. The molecule has 0 N–H and O–H groups in total. The van der Waals surface area contributed by atoms with Gasteiger partial charge in [-0.3, -0.25) is 0 Å². The van der Waals surface area contributed by atoms with Crippen molar-refractivity contribution in [2.24, 2.45) is 0 Å². The fourth-order valence-corrected chi connectivity index (χ4v) is 8.75. The third-order valence-electron chi connectivity index (χ3n) is 13.4. The second-order valence-corrected chi connectivity index (χ2v) is 17.4. The molecule has 0 saturated carbocycles. The Labute approximate surface area is 344 Å². The van der Waals surface area contributed by atoms with Gasteiger partial charge in [0, 0.05) is 43.8 Å². The lowest BCUT2D eigenvalue weighted by atomic mass is 9.59. The fourth-order valence-electron chi connectivity index (χ4n) is 8.75. The van der Waals surface area contributed by atoms with Gasteiger partial charge in [0.2, 0.25) is 0 Å². The normalized spacial score (nSPS) is 19.9. The lowest BCUT2D eigenvalue weighted by Gasteiger charge is -2.47. The number of fused-ring (bicyclic) bond motifs is 6. The Bertz CT molecular complexity index is 2760. The number of aromatic nitrogens is 4. The maximum Gasteiger partial charge on any atom is 0.0687 e. The average Bonchev–Trinajstić information content (AvgIpc) is 3.93. The molecule has 0 atom stereocenters. The number of nitrogens with zero attached hydrogens (tertiary/aromatic N) is 4. The van der Waals surface area contributed by atoms with E-state index in [0.717, 1.165) is 56.1 Å². The molecule has 0 aliphatic carbocycles. The van der Waals surface area contributed by atoms with Crippen LogP contribution in [0, 0.1) is 0 Å². The van der Waals surface area contributed by atoms with E-state index in [1.54, 1.807) is 24.3 Å². The van der Waals surface area contributed by atoms with Gasteiger partial charge in [-0.05, 0) is 82.1 Å². The van der Waals surface area contributed by atoms with Crippen LogP contribution >= 0.6 is 0 Å². The van der Waals surface area contributed by atoms with Crippen LogP contribution in [0.5, 0.6) is 0 Å². The first kappa shape index (κ1) is 28.0. The predicted molar refractivity (Wildman–Crippen MR) is 231 cm³/mol. The summed E-state index contributed by atoms with van der Waals surface area (Å²) >= 11 is 0. The standard InChI is InChI=1S/C52H54N4/c1-49(2)43-31-37(26-28-45(43)55-47(51(49,5)6)41(33-53-55)39-18-11-9-12-19-39)24-22-35-16-15-17-36(30-35)23-25-38-27-29-46-44(32-38)50(3,4)52(7,8)48-42(34-54-56(46)48)40-20-13-10-14-21-40/h9-21,26-34H,22-25H2,1-8H3/i22D2,23D2,24D2,25D2. The SMILES string of the molecule is [2H]C([2H])(c1cccc(C([2H])([2H])C([2H])([2H])c2ccc3c(c2)C(C)(C)C(C)(C)c2c(-c4ccccc4)cnn2-3)c1)C([2H])([2H])c1ccc2c(c1)C(C)(C)C(C)(C)c1c(-c3ccccc3)cnn1-2. The molecule has 9 rings (SSSR count). The molecule has 4 heterocycles. The first-order chi connectivity index (χ1) is 29.8. The van der Waals surface area contributed by atoms with Crippen LogP contribution in [0.3, 0.4) is 0 Å². The number of benzene rings is 5. The third kappa shape index (κ3) is 5.55. The van der Waals surface area contributed by atoms with Crippen molar-refractivity contribution in [1.82, 2.24) is 19.6 Å². The van der Waals surface area contributed by atoms with E-state index in [9.17, 15) is 11.0 Å². The molecule has 0 amide bonds. The predicted octanol–water partition coefficient (Wildman–Crippen LogP) is 12.1. The molecule has 56 heavy (non-hydrogen) atoms. The fraction of sp³-hybridized carbons (Fsp3) is 0.308. The molecule has 4 nitrogen and oxygen atoms in total. The maximum absolute atomic E-state index is 9.45. The van der Waals surface area contributed by atoms with Crippen molar-refractivity contribution in [1.29, 1.82) is 0 Å². The molecule has 2 aliphatic heterocycles. The first-order valence-electron chi connectivity index (χ1n) is 23.5. The van der Waals surface area contributed by atoms with Gasteiger partial charge in [0.1, 0.15) is 0 Å². The van der Waals surface area contributed by atoms with Gasteiger partial charge in [-0.1, -0.05) is 165 Å². The minimum atomic E-state index is -2.66. The minimum Gasteiger partial charge on any atom is -0.236 e. The molecular formula is C52H54N4. The van der Waals surface area contributed by atoms with Gasteiger partial charge >= 0.3 is 0 Å². The van der Waals surface area contributed by atoms with Gasteiger partial charge in [-0.15, -0.1) is 0 Å². The monoisotopic (exact) mass is 742 g/mol. The zero-order valence-corrected chi connectivity index (χ0v) is 33.5. The lowest BCUT2D eigenvalue weighted by Crippen LogP contribution is -2.46. The van der Waals surface area contributed by atoms with Crippen LogP contribution in [0.15, 0.2) is 134 Å². The highest BCUT2D eigenvalue weighted by Gasteiger charge is 2.49. The van der Waals surface area contributed by atoms with Crippen molar-refractivity contribution in [2.75, 3.05) is 0 Å². The van der Waals surface area contributed by atoms with E-state index >= 15 is 0 Å². The van der Waals surface area contributed by atoms with Gasteiger partial charge in [0.05, 0.1) is 35.2 Å². The van der Waals surface area contributed by atoms with Crippen LogP contribution in [-0.4, -0.2) is 19.6 Å². The summed E-state index contributed by atoms with van der Waals surface area (Å²) in [5.74, 6) is 0. The Morgan fingerprint density at radius 2 is 0.804 bits per heavy atom. The van der Waals surface area contributed by atoms with Crippen molar-refractivity contribution in [3.05, 3.63) is 178 Å². The maximum atomic E-state index is 9.45. The highest BCUT2D eigenvalue weighted by Crippen LogP contribution is 2.54. The first-order valence-corrected chi connectivity index (χ1v) is 19.5. The molecule has 4 heteroatoms. The van der Waals surface area contributed by atoms with Gasteiger partial charge in [-0.2, -0.15) is 10.2 Å². The van der Waals surface area contributed by atoms with E-state index < -0.39 is 47.2 Å². The highest BCUT2D eigenvalue weighted by atomic mass is 15.3. The Balaban J connectivity index is 1.07.